The summed E-state index contributed by atoms with van der Waals surface area (Å²) in [5.41, 5.74) is 3.65. The van der Waals surface area contributed by atoms with Crippen molar-refractivity contribution in [1.29, 1.82) is 0 Å². The molecule has 0 aliphatic rings. The number of sulfonamides is 1. The molecule has 130 valence electrons. The summed E-state index contributed by atoms with van der Waals surface area (Å²) in [5.74, 6) is 0. The molecule has 3 rings (SSSR count). The van der Waals surface area contributed by atoms with Crippen LogP contribution >= 0.6 is 0 Å². The summed E-state index contributed by atoms with van der Waals surface area (Å²) >= 11 is 0. The predicted molar refractivity (Wildman–Crippen MR) is 103 cm³/mol. The molecule has 0 amide bonds. The Balaban J connectivity index is 1.96. The number of benzene rings is 3. The molecule has 3 aromatic rings. The molecular formula is C21H18N2O2S. The SMILES string of the molecule is Cc1ccc(S(=O)(=O)N=NC=C(c2ccccc2)c2ccccc2)cc1. The van der Waals surface area contributed by atoms with Gasteiger partial charge >= 0.3 is 0 Å². The molecule has 0 aliphatic carbocycles. The highest BCUT2D eigenvalue weighted by molar-refractivity contribution is 7.90. The highest BCUT2D eigenvalue weighted by Crippen LogP contribution is 2.23. The van der Waals surface area contributed by atoms with Crippen LogP contribution in [0.1, 0.15) is 16.7 Å². The van der Waals surface area contributed by atoms with E-state index in [-0.39, 0.29) is 4.90 Å². The predicted octanol–water partition coefficient (Wildman–Crippen LogP) is 5.23. The van der Waals surface area contributed by atoms with Gasteiger partial charge in [-0.3, -0.25) is 0 Å². The van der Waals surface area contributed by atoms with Crippen molar-refractivity contribution in [2.75, 3.05) is 0 Å². The van der Waals surface area contributed by atoms with Gasteiger partial charge in [-0.2, -0.15) is 8.42 Å². The molecule has 4 nitrogen and oxygen atoms in total. The molecular weight excluding hydrogens is 344 g/mol. The van der Waals surface area contributed by atoms with Crippen LogP contribution in [0, 0.1) is 6.92 Å². The van der Waals surface area contributed by atoms with Crippen LogP contribution < -0.4 is 0 Å². The first-order valence-electron chi connectivity index (χ1n) is 8.11. The first kappa shape index (κ1) is 17.8. The smallest absolute Gasteiger partial charge is 0.198 e. The van der Waals surface area contributed by atoms with Crippen molar-refractivity contribution in [3.8, 4) is 0 Å². The van der Waals surface area contributed by atoms with E-state index in [2.05, 4.69) is 9.63 Å². The molecule has 0 saturated heterocycles. The van der Waals surface area contributed by atoms with E-state index >= 15 is 0 Å². The minimum Gasteiger partial charge on any atom is -0.198 e. The average Bonchev–Trinajstić information content (AvgIpc) is 2.67. The highest BCUT2D eigenvalue weighted by Gasteiger charge is 2.12. The highest BCUT2D eigenvalue weighted by atomic mass is 32.2. The first-order valence-corrected chi connectivity index (χ1v) is 9.55. The molecule has 26 heavy (non-hydrogen) atoms. The topological polar surface area (TPSA) is 58.9 Å². The van der Waals surface area contributed by atoms with Crippen molar-refractivity contribution < 1.29 is 8.42 Å². The monoisotopic (exact) mass is 362 g/mol. The molecule has 0 atom stereocenters. The molecule has 0 N–H and O–H groups in total. The summed E-state index contributed by atoms with van der Waals surface area (Å²) in [6.07, 6.45) is 1.48. The third kappa shape index (κ3) is 4.32. The maximum absolute atomic E-state index is 12.3. The average molecular weight is 362 g/mol. The van der Waals surface area contributed by atoms with E-state index in [1.807, 2.05) is 67.6 Å². The van der Waals surface area contributed by atoms with Gasteiger partial charge in [0.2, 0.25) is 0 Å². The molecule has 0 unspecified atom stereocenters. The summed E-state index contributed by atoms with van der Waals surface area (Å²) in [6, 6.07) is 25.9. The normalized spacial score (nSPS) is 11.4. The van der Waals surface area contributed by atoms with Crippen molar-refractivity contribution in [2.45, 2.75) is 11.8 Å². The van der Waals surface area contributed by atoms with Gasteiger partial charge in [0, 0.05) is 5.57 Å². The summed E-state index contributed by atoms with van der Waals surface area (Å²) in [6.45, 7) is 1.90. The van der Waals surface area contributed by atoms with E-state index in [9.17, 15) is 8.42 Å². The number of aryl methyl sites for hydroxylation is 1. The second kappa shape index (κ2) is 7.89. The van der Waals surface area contributed by atoms with Crippen molar-refractivity contribution in [1.82, 2.24) is 0 Å². The number of hydrogen-bond acceptors (Lipinski definition) is 3. The lowest BCUT2D eigenvalue weighted by molar-refractivity contribution is 0.595. The van der Waals surface area contributed by atoms with E-state index in [1.54, 1.807) is 12.1 Å². The Morgan fingerprint density at radius 3 is 1.77 bits per heavy atom. The molecule has 0 saturated carbocycles. The summed E-state index contributed by atoms with van der Waals surface area (Å²) in [5, 5.41) is 3.87. The molecule has 0 spiro atoms. The van der Waals surface area contributed by atoms with Gasteiger partial charge in [0.25, 0.3) is 10.0 Å². The summed E-state index contributed by atoms with van der Waals surface area (Å²) in [4.78, 5) is 0.126. The van der Waals surface area contributed by atoms with Gasteiger partial charge < -0.3 is 0 Å². The van der Waals surface area contributed by atoms with Gasteiger partial charge in [0.1, 0.15) is 0 Å². The van der Waals surface area contributed by atoms with E-state index in [4.69, 9.17) is 0 Å². The largest absolute Gasteiger partial charge is 0.299 e. The Bertz CT molecular complexity index is 983. The summed E-state index contributed by atoms with van der Waals surface area (Å²) < 4.78 is 28.2. The fourth-order valence-electron chi connectivity index (χ4n) is 2.45. The first-order chi connectivity index (χ1) is 12.6. The van der Waals surface area contributed by atoms with E-state index in [0.29, 0.717) is 0 Å². The molecule has 5 heteroatoms. The quantitative estimate of drug-likeness (QED) is 0.584. The van der Waals surface area contributed by atoms with Crippen LogP contribution in [-0.2, 0) is 10.0 Å². The van der Waals surface area contributed by atoms with Crippen LogP contribution in [0.15, 0.2) is 106 Å². The van der Waals surface area contributed by atoms with Crippen molar-refractivity contribution in [2.24, 2.45) is 9.63 Å². The zero-order chi connectivity index (χ0) is 18.4. The second-order valence-electron chi connectivity index (χ2n) is 5.76. The lowest BCUT2D eigenvalue weighted by Crippen LogP contribution is -1.95. The Labute approximate surface area is 153 Å². The fourth-order valence-corrected chi connectivity index (χ4v) is 3.20. The molecule has 0 radical (unpaired) electrons. The standard InChI is InChI=1S/C21H18N2O2S/c1-17-12-14-20(15-13-17)26(24,25)23-22-16-21(18-8-4-2-5-9-18)19-10-6-3-7-11-19/h2-16H,1H3. The van der Waals surface area contributed by atoms with Gasteiger partial charge in [-0.1, -0.05) is 82.9 Å². The van der Waals surface area contributed by atoms with Gasteiger partial charge in [0.15, 0.2) is 0 Å². The van der Waals surface area contributed by atoms with Crippen LogP contribution in [0.3, 0.4) is 0 Å². The number of hydrogen-bond donors (Lipinski definition) is 0. The Morgan fingerprint density at radius 2 is 1.27 bits per heavy atom. The van der Waals surface area contributed by atoms with Gasteiger partial charge in [-0.05, 0) is 30.2 Å². The fraction of sp³-hybridized carbons (Fsp3) is 0.0476. The van der Waals surface area contributed by atoms with Crippen molar-refractivity contribution in [3.05, 3.63) is 108 Å². The van der Waals surface area contributed by atoms with Crippen LogP contribution in [0.5, 0.6) is 0 Å². The van der Waals surface area contributed by atoms with Gasteiger partial charge in [-0.25, -0.2) is 0 Å². The van der Waals surface area contributed by atoms with Crippen molar-refractivity contribution in [3.63, 3.8) is 0 Å². The zero-order valence-electron chi connectivity index (χ0n) is 14.3. The molecule has 0 fully saturated rings. The van der Waals surface area contributed by atoms with E-state index < -0.39 is 10.0 Å². The molecule has 0 aliphatic heterocycles. The molecule has 0 aromatic heterocycles. The third-order valence-corrected chi connectivity index (χ3v) is 5.01. The molecule has 0 bridgehead atoms. The van der Waals surface area contributed by atoms with Gasteiger partial charge in [0.05, 0.1) is 11.1 Å². The maximum atomic E-state index is 12.3. The Morgan fingerprint density at radius 1 is 0.769 bits per heavy atom. The lowest BCUT2D eigenvalue weighted by Gasteiger charge is -2.06. The van der Waals surface area contributed by atoms with E-state index in [1.165, 1.54) is 18.3 Å². The minimum atomic E-state index is -3.82. The molecule has 0 heterocycles. The Hall–Kier alpha value is -3.05. The third-order valence-electron chi connectivity index (χ3n) is 3.83. The van der Waals surface area contributed by atoms with Crippen LogP contribution in [0.2, 0.25) is 0 Å². The van der Waals surface area contributed by atoms with Crippen LogP contribution in [0.4, 0.5) is 0 Å². The van der Waals surface area contributed by atoms with Gasteiger partial charge in [-0.15, -0.1) is 5.11 Å². The van der Waals surface area contributed by atoms with E-state index in [0.717, 1.165) is 22.3 Å². The number of rotatable bonds is 5. The lowest BCUT2D eigenvalue weighted by atomic mass is 9.99. The second-order valence-corrected chi connectivity index (χ2v) is 7.34. The Kier molecular flexibility index (Phi) is 5.39. The number of nitrogens with zero attached hydrogens (tertiary/aromatic N) is 2. The van der Waals surface area contributed by atoms with Crippen LogP contribution in [-0.4, -0.2) is 8.42 Å². The summed E-state index contributed by atoms with van der Waals surface area (Å²) in [7, 11) is -3.82. The van der Waals surface area contributed by atoms with Crippen molar-refractivity contribution >= 4 is 15.6 Å². The zero-order valence-corrected chi connectivity index (χ0v) is 15.1. The maximum Gasteiger partial charge on any atom is 0.299 e. The minimum absolute atomic E-state index is 0.126. The van der Waals surface area contributed by atoms with Crippen LogP contribution in [0.25, 0.3) is 5.57 Å². The molecule has 3 aromatic carbocycles.